The van der Waals surface area contributed by atoms with Crippen LogP contribution in [0.4, 0.5) is 0 Å². The summed E-state index contributed by atoms with van der Waals surface area (Å²) in [5.74, 6) is 0.570. The summed E-state index contributed by atoms with van der Waals surface area (Å²) in [5, 5.41) is 0.938. The Kier molecular flexibility index (Phi) is 4.62. The number of halogens is 1. The lowest BCUT2D eigenvalue weighted by Gasteiger charge is -2.14. The molecule has 0 fully saturated rings. The summed E-state index contributed by atoms with van der Waals surface area (Å²) in [6.45, 7) is 1.70. The van der Waals surface area contributed by atoms with Crippen molar-refractivity contribution < 1.29 is 17.3 Å². The van der Waals surface area contributed by atoms with Crippen LogP contribution in [0.25, 0.3) is 10.9 Å². The van der Waals surface area contributed by atoms with Crippen LogP contribution in [-0.4, -0.2) is 32.4 Å². The van der Waals surface area contributed by atoms with Crippen molar-refractivity contribution in [1.29, 1.82) is 0 Å². The number of hydrogen-bond acceptors (Lipinski definition) is 5. The molecule has 1 aromatic heterocycles. The van der Waals surface area contributed by atoms with Crippen molar-refractivity contribution >= 4 is 37.0 Å². The van der Waals surface area contributed by atoms with E-state index in [9.17, 15) is 8.42 Å². The molecule has 0 saturated carbocycles. The molecule has 0 spiro atoms. The Morgan fingerprint density at radius 3 is 2.80 bits per heavy atom. The van der Waals surface area contributed by atoms with E-state index < -0.39 is 16.2 Å². The first-order valence-corrected chi connectivity index (χ1v) is 8.51. The van der Waals surface area contributed by atoms with Crippen LogP contribution < -0.4 is 4.74 Å². The van der Waals surface area contributed by atoms with Gasteiger partial charge in [0.15, 0.2) is 0 Å². The van der Waals surface area contributed by atoms with Gasteiger partial charge in [-0.05, 0) is 31.2 Å². The molecule has 20 heavy (non-hydrogen) atoms. The second-order valence-corrected chi connectivity index (χ2v) is 6.98. The number of hydrogen-bond donors (Lipinski definition) is 0. The van der Waals surface area contributed by atoms with Gasteiger partial charge in [0.05, 0.1) is 18.0 Å². The number of nitrogens with zero attached hydrogens (tertiary/aromatic N) is 1. The third-order valence-electron chi connectivity index (χ3n) is 2.47. The summed E-state index contributed by atoms with van der Waals surface area (Å²) < 4.78 is 33.0. The maximum absolute atomic E-state index is 10.9. The summed E-state index contributed by atoms with van der Waals surface area (Å²) in [6, 6.07) is 7.61. The average molecular weight is 360 g/mol. The zero-order chi connectivity index (χ0) is 14.8. The number of rotatable bonds is 5. The highest BCUT2D eigenvalue weighted by Gasteiger charge is 2.10. The van der Waals surface area contributed by atoms with Gasteiger partial charge in [0.2, 0.25) is 0 Å². The van der Waals surface area contributed by atoms with Crippen molar-refractivity contribution in [2.24, 2.45) is 0 Å². The van der Waals surface area contributed by atoms with Gasteiger partial charge in [-0.3, -0.25) is 9.17 Å². The highest BCUT2D eigenvalue weighted by molar-refractivity contribution is 9.10. The molecule has 0 saturated heterocycles. The van der Waals surface area contributed by atoms with Crippen LogP contribution in [0, 0.1) is 0 Å². The van der Waals surface area contributed by atoms with Gasteiger partial charge in [0, 0.05) is 9.86 Å². The lowest BCUT2D eigenvalue weighted by molar-refractivity contribution is 0.147. The van der Waals surface area contributed by atoms with E-state index in [0.29, 0.717) is 5.75 Å². The zero-order valence-corrected chi connectivity index (χ0v) is 13.4. The van der Waals surface area contributed by atoms with E-state index in [1.54, 1.807) is 13.1 Å². The van der Waals surface area contributed by atoms with Crippen LogP contribution in [0.2, 0.25) is 0 Å². The molecule has 1 heterocycles. The predicted octanol–water partition coefficient (Wildman–Crippen LogP) is 2.74. The van der Waals surface area contributed by atoms with E-state index in [1.807, 2.05) is 24.3 Å². The molecule has 0 aliphatic heterocycles. The van der Waals surface area contributed by atoms with Crippen molar-refractivity contribution in [1.82, 2.24) is 4.98 Å². The van der Waals surface area contributed by atoms with Crippen molar-refractivity contribution in [2.45, 2.75) is 13.0 Å². The molecule has 0 N–H and O–H groups in total. The van der Waals surface area contributed by atoms with Crippen molar-refractivity contribution in [3.8, 4) is 5.75 Å². The van der Waals surface area contributed by atoms with Crippen LogP contribution in [0.3, 0.4) is 0 Å². The molecule has 2 rings (SSSR count). The number of aromatic nitrogens is 1. The summed E-state index contributed by atoms with van der Waals surface area (Å²) in [5.41, 5.74) is 0.862. The quantitative estimate of drug-likeness (QED) is 0.767. The first kappa shape index (κ1) is 15.2. The monoisotopic (exact) mass is 359 g/mol. The van der Waals surface area contributed by atoms with Gasteiger partial charge in [-0.1, -0.05) is 15.9 Å². The molecule has 2 aromatic rings. The summed E-state index contributed by atoms with van der Waals surface area (Å²) >= 11 is 3.40. The average Bonchev–Trinajstić information content (AvgIpc) is 2.35. The number of pyridine rings is 1. The lowest BCUT2D eigenvalue weighted by Crippen LogP contribution is -2.21. The molecule has 0 radical (unpaired) electrons. The predicted molar refractivity (Wildman–Crippen MR) is 80.3 cm³/mol. The number of ether oxygens (including phenoxy) is 1. The van der Waals surface area contributed by atoms with E-state index >= 15 is 0 Å². The second kappa shape index (κ2) is 6.07. The Balaban J connectivity index is 2.09. The van der Waals surface area contributed by atoms with Crippen LogP contribution in [0.1, 0.15) is 6.92 Å². The minimum absolute atomic E-state index is 0.0324. The standard InChI is InChI=1S/C13H14BrNO4S/c1-9(8-18-20(2,16)17)19-12-6-10-5-11(14)3-4-13(10)15-7-12/h3-7,9H,8H2,1-2H3. The fourth-order valence-electron chi connectivity index (χ4n) is 1.63. The highest BCUT2D eigenvalue weighted by atomic mass is 79.9. The van der Waals surface area contributed by atoms with Crippen molar-refractivity contribution in [3.63, 3.8) is 0 Å². The maximum atomic E-state index is 10.9. The van der Waals surface area contributed by atoms with E-state index in [-0.39, 0.29) is 6.61 Å². The first-order valence-electron chi connectivity index (χ1n) is 5.90. The number of fused-ring (bicyclic) bond motifs is 1. The zero-order valence-electron chi connectivity index (χ0n) is 11.0. The normalized spacial score (nSPS) is 13.3. The Hall–Kier alpha value is -1.18. The van der Waals surface area contributed by atoms with Gasteiger partial charge in [-0.15, -0.1) is 0 Å². The summed E-state index contributed by atoms with van der Waals surface area (Å²) in [4.78, 5) is 4.28. The van der Waals surface area contributed by atoms with Crippen LogP contribution in [-0.2, 0) is 14.3 Å². The number of benzene rings is 1. The second-order valence-electron chi connectivity index (χ2n) is 4.43. The molecular formula is C13H14BrNO4S. The van der Waals surface area contributed by atoms with Crippen LogP contribution in [0.5, 0.6) is 5.75 Å². The van der Waals surface area contributed by atoms with Gasteiger partial charge in [0.1, 0.15) is 18.5 Å². The van der Waals surface area contributed by atoms with Gasteiger partial charge < -0.3 is 4.74 Å². The molecule has 5 nitrogen and oxygen atoms in total. The highest BCUT2D eigenvalue weighted by Crippen LogP contribution is 2.22. The topological polar surface area (TPSA) is 65.5 Å². The van der Waals surface area contributed by atoms with Gasteiger partial charge in [0.25, 0.3) is 10.1 Å². The molecule has 0 aliphatic carbocycles. The van der Waals surface area contributed by atoms with Gasteiger partial charge >= 0.3 is 0 Å². The fraction of sp³-hybridized carbons (Fsp3) is 0.308. The minimum Gasteiger partial charge on any atom is -0.487 e. The summed E-state index contributed by atoms with van der Waals surface area (Å²) in [7, 11) is -3.45. The maximum Gasteiger partial charge on any atom is 0.264 e. The fourth-order valence-corrected chi connectivity index (χ4v) is 2.45. The van der Waals surface area contributed by atoms with Crippen LogP contribution >= 0.6 is 15.9 Å². The molecule has 1 unspecified atom stereocenters. The van der Waals surface area contributed by atoms with Gasteiger partial charge in [-0.25, -0.2) is 0 Å². The third-order valence-corrected chi connectivity index (χ3v) is 3.53. The smallest absolute Gasteiger partial charge is 0.264 e. The summed E-state index contributed by atoms with van der Waals surface area (Å²) in [6.07, 6.45) is 2.22. The molecule has 1 aromatic carbocycles. The van der Waals surface area contributed by atoms with Crippen molar-refractivity contribution in [3.05, 3.63) is 34.9 Å². The molecule has 1 atom stereocenters. The molecule has 108 valence electrons. The largest absolute Gasteiger partial charge is 0.487 e. The first-order chi connectivity index (χ1) is 9.33. The minimum atomic E-state index is -3.45. The van der Waals surface area contributed by atoms with E-state index in [4.69, 9.17) is 4.74 Å². The van der Waals surface area contributed by atoms with E-state index in [0.717, 1.165) is 21.6 Å². The van der Waals surface area contributed by atoms with E-state index in [2.05, 4.69) is 25.1 Å². The Morgan fingerprint density at radius 1 is 1.35 bits per heavy atom. The molecule has 0 aliphatic rings. The SMILES string of the molecule is CC(COS(C)(=O)=O)Oc1cnc2ccc(Br)cc2c1. The molecule has 7 heteroatoms. The molecule has 0 amide bonds. The molecule has 0 bridgehead atoms. The van der Waals surface area contributed by atoms with E-state index in [1.165, 1.54) is 0 Å². The van der Waals surface area contributed by atoms with Crippen molar-refractivity contribution in [2.75, 3.05) is 12.9 Å². The Labute approximate surface area is 126 Å². The Morgan fingerprint density at radius 2 is 2.10 bits per heavy atom. The van der Waals surface area contributed by atoms with Gasteiger partial charge in [-0.2, -0.15) is 8.42 Å². The third kappa shape index (κ3) is 4.43. The molecular weight excluding hydrogens is 346 g/mol. The lowest BCUT2D eigenvalue weighted by atomic mass is 10.2. The Bertz CT molecular complexity index is 717. The van der Waals surface area contributed by atoms with Crippen LogP contribution in [0.15, 0.2) is 34.9 Å².